The van der Waals surface area contributed by atoms with Crippen molar-refractivity contribution in [2.24, 2.45) is 11.8 Å². The third kappa shape index (κ3) is 2.92. The summed E-state index contributed by atoms with van der Waals surface area (Å²) in [6.07, 6.45) is 1.39. The highest BCUT2D eigenvalue weighted by atomic mass is 16.6. The van der Waals surface area contributed by atoms with Gasteiger partial charge in [-0.3, -0.25) is 0 Å². The Hall–Kier alpha value is -0.770. The lowest BCUT2D eigenvalue weighted by Crippen LogP contribution is -2.37. The molecule has 1 saturated carbocycles. The van der Waals surface area contributed by atoms with E-state index in [1.165, 1.54) is 0 Å². The molecule has 17 heavy (non-hydrogen) atoms. The summed E-state index contributed by atoms with van der Waals surface area (Å²) in [6, 6.07) is 0. The summed E-state index contributed by atoms with van der Waals surface area (Å²) in [5.74, 6) is 0.884. The zero-order valence-electron chi connectivity index (χ0n) is 11.2. The van der Waals surface area contributed by atoms with E-state index >= 15 is 0 Å². The summed E-state index contributed by atoms with van der Waals surface area (Å²) in [5.41, 5.74) is -0.963. The van der Waals surface area contributed by atoms with Gasteiger partial charge in [-0.2, -0.15) is 0 Å². The normalized spacial score (nSPS) is 37.1. The highest BCUT2D eigenvalue weighted by Crippen LogP contribution is 2.43. The van der Waals surface area contributed by atoms with E-state index in [0.29, 0.717) is 11.8 Å². The van der Waals surface area contributed by atoms with Gasteiger partial charge in [0.1, 0.15) is 5.60 Å². The van der Waals surface area contributed by atoms with Crippen LogP contribution >= 0.6 is 0 Å². The Morgan fingerprint density at radius 3 is 2.18 bits per heavy atom. The van der Waals surface area contributed by atoms with Gasteiger partial charge in [-0.15, -0.1) is 0 Å². The molecular formula is C13H23NO3. The number of likely N-dealkylation sites (tertiary alicyclic amines) is 1. The molecule has 1 amide bonds. The molecule has 3 atom stereocenters. The quantitative estimate of drug-likeness (QED) is 0.706. The van der Waals surface area contributed by atoms with Crippen molar-refractivity contribution in [2.75, 3.05) is 13.1 Å². The Bertz CT molecular complexity index is 303. The van der Waals surface area contributed by atoms with Crippen LogP contribution in [0.2, 0.25) is 0 Å². The van der Waals surface area contributed by atoms with Gasteiger partial charge in [-0.05, 0) is 52.4 Å². The van der Waals surface area contributed by atoms with Gasteiger partial charge in [0.2, 0.25) is 0 Å². The van der Waals surface area contributed by atoms with E-state index in [2.05, 4.69) is 0 Å². The molecule has 2 fully saturated rings. The highest BCUT2D eigenvalue weighted by Gasteiger charge is 2.47. The average molecular weight is 241 g/mol. The van der Waals surface area contributed by atoms with Crippen molar-refractivity contribution < 1.29 is 14.6 Å². The smallest absolute Gasteiger partial charge is 0.410 e. The maximum atomic E-state index is 11.9. The zero-order chi connectivity index (χ0) is 12.8. The topological polar surface area (TPSA) is 49.8 Å². The third-order valence-corrected chi connectivity index (χ3v) is 3.63. The average Bonchev–Trinajstić information content (AvgIpc) is 2.53. The van der Waals surface area contributed by atoms with Crippen molar-refractivity contribution in [1.29, 1.82) is 0 Å². The van der Waals surface area contributed by atoms with Crippen LogP contribution in [0.25, 0.3) is 0 Å². The monoisotopic (exact) mass is 241 g/mol. The summed E-state index contributed by atoms with van der Waals surface area (Å²) >= 11 is 0. The highest BCUT2D eigenvalue weighted by molar-refractivity contribution is 5.68. The van der Waals surface area contributed by atoms with Crippen LogP contribution in [0, 0.1) is 11.8 Å². The number of nitrogens with zero attached hydrogens (tertiary/aromatic N) is 1. The second kappa shape index (κ2) is 3.87. The summed E-state index contributed by atoms with van der Waals surface area (Å²) in [7, 11) is 0. The first-order chi connectivity index (χ1) is 7.66. The van der Waals surface area contributed by atoms with Crippen LogP contribution in [0.3, 0.4) is 0 Å². The molecular weight excluding hydrogens is 218 g/mol. The first kappa shape index (κ1) is 12.7. The number of amides is 1. The Kier molecular flexibility index (Phi) is 2.89. The van der Waals surface area contributed by atoms with Crippen LogP contribution in [0.15, 0.2) is 0 Å². The molecule has 98 valence electrons. The van der Waals surface area contributed by atoms with Gasteiger partial charge in [0.15, 0.2) is 0 Å². The lowest BCUT2D eigenvalue weighted by Gasteiger charge is -2.26. The number of aliphatic hydroxyl groups is 1. The predicted molar refractivity (Wildman–Crippen MR) is 64.6 cm³/mol. The first-order valence-electron chi connectivity index (χ1n) is 6.37. The van der Waals surface area contributed by atoms with Crippen LogP contribution in [0.4, 0.5) is 4.79 Å². The molecule has 4 nitrogen and oxygen atoms in total. The summed E-state index contributed by atoms with van der Waals surface area (Å²) in [6.45, 7) is 9.00. The van der Waals surface area contributed by atoms with Crippen molar-refractivity contribution in [2.45, 2.75) is 51.7 Å². The minimum atomic E-state index is -0.532. The van der Waals surface area contributed by atoms with Crippen molar-refractivity contribution in [3.05, 3.63) is 0 Å². The van der Waals surface area contributed by atoms with Gasteiger partial charge in [0, 0.05) is 13.1 Å². The van der Waals surface area contributed by atoms with E-state index in [9.17, 15) is 9.90 Å². The molecule has 2 rings (SSSR count). The van der Waals surface area contributed by atoms with Crippen molar-refractivity contribution >= 4 is 6.09 Å². The van der Waals surface area contributed by atoms with Crippen molar-refractivity contribution in [3.8, 4) is 0 Å². The summed E-state index contributed by atoms with van der Waals surface area (Å²) < 4.78 is 5.36. The summed E-state index contributed by atoms with van der Waals surface area (Å²) in [4.78, 5) is 13.7. The summed E-state index contributed by atoms with van der Waals surface area (Å²) in [5, 5.41) is 9.98. The minimum Gasteiger partial charge on any atom is -0.444 e. The van der Waals surface area contributed by atoms with E-state index in [4.69, 9.17) is 4.74 Å². The number of ether oxygens (including phenoxy) is 1. The number of fused-ring (bicyclic) bond motifs is 1. The first-order valence-corrected chi connectivity index (χ1v) is 6.37. The van der Waals surface area contributed by atoms with E-state index in [0.717, 1.165) is 25.9 Å². The largest absolute Gasteiger partial charge is 0.444 e. The third-order valence-electron chi connectivity index (χ3n) is 3.63. The lowest BCUT2D eigenvalue weighted by atomic mass is 10.0. The van der Waals surface area contributed by atoms with E-state index < -0.39 is 11.2 Å². The molecule has 1 heterocycles. The van der Waals surface area contributed by atoms with Gasteiger partial charge in [0.25, 0.3) is 0 Å². The molecule has 1 aliphatic heterocycles. The van der Waals surface area contributed by atoms with Gasteiger partial charge in [-0.25, -0.2) is 4.79 Å². The molecule has 1 aliphatic carbocycles. The Morgan fingerprint density at radius 1 is 1.29 bits per heavy atom. The second-order valence-corrected chi connectivity index (χ2v) is 6.81. The van der Waals surface area contributed by atoms with Gasteiger partial charge in [0.05, 0.1) is 5.60 Å². The van der Waals surface area contributed by atoms with Gasteiger partial charge < -0.3 is 14.7 Å². The number of rotatable bonds is 0. The van der Waals surface area contributed by atoms with Crippen molar-refractivity contribution in [1.82, 2.24) is 4.90 Å². The fourth-order valence-corrected chi connectivity index (χ4v) is 3.09. The van der Waals surface area contributed by atoms with Gasteiger partial charge >= 0.3 is 6.09 Å². The maximum Gasteiger partial charge on any atom is 0.410 e. The Labute approximate surface area is 103 Å². The number of carbonyl (C=O) groups is 1. The maximum absolute atomic E-state index is 11.9. The number of hydrogen-bond donors (Lipinski definition) is 1. The molecule has 0 aromatic carbocycles. The minimum absolute atomic E-state index is 0.216. The number of hydrogen-bond acceptors (Lipinski definition) is 3. The molecule has 4 heteroatoms. The standard InChI is InChI=1S/C13H23NO3/c1-12(2,3)17-11(15)14-7-9-5-13(4,16)6-10(9)8-14/h9-10,16H,5-8H2,1-4H3/t9-,10+,13?. The van der Waals surface area contributed by atoms with E-state index in [-0.39, 0.29) is 6.09 Å². The predicted octanol–water partition coefficient (Wildman–Crippen LogP) is 2.01. The Balaban J connectivity index is 1.91. The van der Waals surface area contributed by atoms with E-state index in [1.54, 1.807) is 4.90 Å². The molecule has 1 saturated heterocycles. The SMILES string of the molecule is CC1(O)C[C@H]2CN(C(=O)OC(C)(C)C)C[C@H]2C1. The zero-order valence-corrected chi connectivity index (χ0v) is 11.2. The molecule has 0 radical (unpaired) electrons. The van der Waals surface area contributed by atoms with Crippen LogP contribution in [0.5, 0.6) is 0 Å². The molecule has 1 unspecified atom stereocenters. The van der Waals surface area contributed by atoms with Gasteiger partial charge in [-0.1, -0.05) is 0 Å². The lowest BCUT2D eigenvalue weighted by molar-refractivity contribution is 0.0217. The molecule has 0 aromatic rings. The molecule has 0 spiro atoms. The van der Waals surface area contributed by atoms with Crippen LogP contribution < -0.4 is 0 Å². The second-order valence-electron chi connectivity index (χ2n) is 6.81. The fourth-order valence-electron chi connectivity index (χ4n) is 3.09. The molecule has 2 aliphatic rings. The van der Waals surface area contributed by atoms with E-state index in [1.807, 2.05) is 27.7 Å². The van der Waals surface area contributed by atoms with Crippen LogP contribution in [-0.4, -0.2) is 40.4 Å². The molecule has 0 bridgehead atoms. The molecule has 1 N–H and O–H groups in total. The Morgan fingerprint density at radius 2 is 1.76 bits per heavy atom. The fraction of sp³-hybridized carbons (Fsp3) is 0.923. The number of carbonyl (C=O) groups excluding carboxylic acids is 1. The molecule has 0 aromatic heterocycles. The van der Waals surface area contributed by atoms with Crippen LogP contribution in [-0.2, 0) is 4.74 Å². The van der Waals surface area contributed by atoms with Crippen molar-refractivity contribution in [3.63, 3.8) is 0 Å². The van der Waals surface area contributed by atoms with Crippen LogP contribution in [0.1, 0.15) is 40.5 Å².